The number of amides is 1. The molecule has 19 heavy (non-hydrogen) atoms. The average Bonchev–Trinajstić information content (AvgIpc) is 2.74. The Labute approximate surface area is 116 Å². The van der Waals surface area contributed by atoms with E-state index in [1.54, 1.807) is 0 Å². The van der Waals surface area contributed by atoms with E-state index in [1.807, 2.05) is 31.4 Å². The molecule has 0 aliphatic heterocycles. The molecule has 4 heteroatoms. The van der Waals surface area contributed by atoms with Crippen LogP contribution in [0.15, 0.2) is 23.6 Å². The molecular weight excluding hydrogens is 256 g/mol. The molecule has 0 aliphatic carbocycles. The number of anilines is 1. The van der Waals surface area contributed by atoms with Gasteiger partial charge in [0, 0.05) is 17.9 Å². The van der Waals surface area contributed by atoms with Gasteiger partial charge in [-0.15, -0.1) is 11.3 Å². The van der Waals surface area contributed by atoms with E-state index in [0.717, 1.165) is 22.3 Å². The van der Waals surface area contributed by atoms with Gasteiger partial charge in [-0.2, -0.15) is 5.26 Å². The minimum atomic E-state index is -0.161. The molecule has 0 unspecified atom stereocenters. The Balaban J connectivity index is 2.57. The second-order valence-corrected chi connectivity index (χ2v) is 5.34. The highest BCUT2D eigenvalue weighted by Gasteiger charge is 2.15. The number of carbonyl (C=O) groups excluding carboxylic acids is 1. The zero-order valence-electron chi connectivity index (χ0n) is 11.1. The molecule has 96 valence electrons. The normalized spacial score (nSPS) is 10.0. The summed E-state index contributed by atoms with van der Waals surface area (Å²) in [6.45, 7) is 5.49. The quantitative estimate of drug-likeness (QED) is 0.900. The Morgan fingerprint density at radius 2 is 2.05 bits per heavy atom. The molecule has 0 aliphatic rings. The second-order valence-electron chi connectivity index (χ2n) is 4.46. The molecule has 0 radical (unpaired) electrons. The van der Waals surface area contributed by atoms with Crippen LogP contribution in [0.3, 0.4) is 0 Å². The molecule has 1 amide bonds. The molecule has 0 fully saturated rings. The van der Waals surface area contributed by atoms with Crippen molar-refractivity contribution in [2.75, 3.05) is 5.32 Å². The van der Waals surface area contributed by atoms with Gasteiger partial charge in [0.1, 0.15) is 11.1 Å². The van der Waals surface area contributed by atoms with Crippen molar-refractivity contribution < 1.29 is 4.79 Å². The number of nitriles is 1. The zero-order chi connectivity index (χ0) is 14.0. The summed E-state index contributed by atoms with van der Waals surface area (Å²) in [6, 6.07) is 8.35. The molecule has 0 atom stereocenters. The van der Waals surface area contributed by atoms with Crippen molar-refractivity contribution in [1.29, 1.82) is 5.26 Å². The topological polar surface area (TPSA) is 52.9 Å². The maximum absolute atomic E-state index is 11.1. The summed E-state index contributed by atoms with van der Waals surface area (Å²) < 4.78 is 0. The van der Waals surface area contributed by atoms with Crippen LogP contribution in [0.4, 0.5) is 5.00 Å². The van der Waals surface area contributed by atoms with Gasteiger partial charge in [-0.3, -0.25) is 4.79 Å². The highest BCUT2D eigenvalue weighted by molar-refractivity contribution is 7.15. The first-order chi connectivity index (χ1) is 9.02. The third-order valence-corrected chi connectivity index (χ3v) is 3.77. The molecule has 0 saturated heterocycles. The lowest BCUT2D eigenvalue weighted by atomic mass is 9.98. The first kappa shape index (κ1) is 13.3. The SMILES string of the molecule is CC(=O)Nc1scc(-c2cc(C)ccc2C)c1C#N. The van der Waals surface area contributed by atoms with E-state index in [9.17, 15) is 10.1 Å². The van der Waals surface area contributed by atoms with Crippen LogP contribution in [0, 0.1) is 25.2 Å². The Morgan fingerprint density at radius 1 is 1.32 bits per heavy atom. The van der Waals surface area contributed by atoms with Gasteiger partial charge >= 0.3 is 0 Å². The number of thiophene rings is 1. The average molecular weight is 270 g/mol. The van der Waals surface area contributed by atoms with E-state index >= 15 is 0 Å². The molecule has 1 aromatic carbocycles. The Hall–Kier alpha value is -2.12. The molecular formula is C15H14N2OS. The van der Waals surface area contributed by atoms with Crippen molar-refractivity contribution in [1.82, 2.24) is 0 Å². The number of nitrogens with zero attached hydrogens (tertiary/aromatic N) is 1. The summed E-state index contributed by atoms with van der Waals surface area (Å²) in [7, 11) is 0. The summed E-state index contributed by atoms with van der Waals surface area (Å²) in [5, 5.41) is 14.6. The van der Waals surface area contributed by atoms with Crippen molar-refractivity contribution in [2.45, 2.75) is 20.8 Å². The van der Waals surface area contributed by atoms with E-state index in [2.05, 4.69) is 17.5 Å². The Morgan fingerprint density at radius 3 is 2.68 bits per heavy atom. The Bertz CT molecular complexity index is 680. The van der Waals surface area contributed by atoms with Crippen molar-refractivity contribution in [3.8, 4) is 17.2 Å². The number of hydrogen-bond acceptors (Lipinski definition) is 3. The molecule has 0 spiro atoms. The number of aryl methyl sites for hydroxylation is 2. The fourth-order valence-corrected chi connectivity index (χ4v) is 2.90. The van der Waals surface area contributed by atoms with E-state index in [4.69, 9.17) is 0 Å². The zero-order valence-corrected chi connectivity index (χ0v) is 11.9. The lowest BCUT2D eigenvalue weighted by Crippen LogP contribution is -2.05. The first-order valence-corrected chi connectivity index (χ1v) is 6.77. The highest BCUT2D eigenvalue weighted by atomic mass is 32.1. The largest absolute Gasteiger partial charge is 0.317 e. The van der Waals surface area contributed by atoms with Gasteiger partial charge < -0.3 is 5.32 Å². The monoisotopic (exact) mass is 270 g/mol. The molecule has 2 rings (SSSR count). The van der Waals surface area contributed by atoms with Crippen LogP contribution in [0.25, 0.3) is 11.1 Å². The van der Waals surface area contributed by atoms with Crippen LogP contribution in [0.5, 0.6) is 0 Å². The van der Waals surface area contributed by atoms with Crippen LogP contribution in [-0.2, 0) is 4.79 Å². The van der Waals surface area contributed by atoms with Crippen LogP contribution in [0.2, 0.25) is 0 Å². The number of carbonyl (C=O) groups is 1. The minimum Gasteiger partial charge on any atom is -0.317 e. The van der Waals surface area contributed by atoms with Crippen molar-refractivity contribution in [3.05, 3.63) is 40.3 Å². The van der Waals surface area contributed by atoms with E-state index < -0.39 is 0 Å². The van der Waals surface area contributed by atoms with Crippen molar-refractivity contribution >= 4 is 22.2 Å². The number of nitrogens with one attached hydrogen (secondary N) is 1. The molecule has 3 nitrogen and oxygen atoms in total. The number of benzene rings is 1. The standard InChI is InChI=1S/C15H14N2OS/c1-9-4-5-10(2)12(6-9)14-8-19-15(13(14)7-16)17-11(3)18/h4-6,8H,1-3H3,(H,17,18). The number of hydrogen-bond donors (Lipinski definition) is 1. The summed E-state index contributed by atoms with van der Waals surface area (Å²) in [4.78, 5) is 11.1. The maximum Gasteiger partial charge on any atom is 0.221 e. The third kappa shape index (κ3) is 2.67. The predicted molar refractivity (Wildman–Crippen MR) is 78.2 cm³/mol. The second kappa shape index (κ2) is 5.25. The third-order valence-electron chi connectivity index (χ3n) is 2.88. The predicted octanol–water partition coefficient (Wildman–Crippen LogP) is 3.86. The fourth-order valence-electron chi connectivity index (χ4n) is 1.95. The van der Waals surface area contributed by atoms with Gasteiger partial charge in [-0.25, -0.2) is 0 Å². The lowest BCUT2D eigenvalue weighted by Gasteiger charge is -2.06. The minimum absolute atomic E-state index is 0.161. The maximum atomic E-state index is 11.1. The highest BCUT2D eigenvalue weighted by Crippen LogP contribution is 2.36. The van der Waals surface area contributed by atoms with Crippen LogP contribution in [0.1, 0.15) is 23.6 Å². The van der Waals surface area contributed by atoms with E-state index in [1.165, 1.54) is 18.3 Å². The summed E-state index contributed by atoms with van der Waals surface area (Å²) in [6.07, 6.45) is 0. The van der Waals surface area contributed by atoms with Crippen LogP contribution in [-0.4, -0.2) is 5.91 Å². The molecule has 2 aromatic rings. The van der Waals surface area contributed by atoms with Crippen LogP contribution < -0.4 is 5.32 Å². The van der Waals surface area contributed by atoms with E-state index in [-0.39, 0.29) is 5.91 Å². The summed E-state index contributed by atoms with van der Waals surface area (Å²) in [5.41, 5.74) is 4.74. The fraction of sp³-hybridized carbons (Fsp3) is 0.200. The van der Waals surface area contributed by atoms with Gasteiger partial charge in [0.2, 0.25) is 5.91 Å². The van der Waals surface area contributed by atoms with Crippen molar-refractivity contribution in [2.24, 2.45) is 0 Å². The summed E-state index contributed by atoms with van der Waals surface area (Å²) in [5.74, 6) is -0.161. The molecule has 1 N–H and O–H groups in total. The van der Waals surface area contributed by atoms with Gasteiger partial charge in [0.15, 0.2) is 0 Å². The molecule has 1 heterocycles. The van der Waals surface area contributed by atoms with Gasteiger partial charge in [0.25, 0.3) is 0 Å². The van der Waals surface area contributed by atoms with Gasteiger partial charge in [0.05, 0.1) is 5.56 Å². The Kier molecular flexibility index (Phi) is 3.68. The van der Waals surface area contributed by atoms with Crippen LogP contribution >= 0.6 is 11.3 Å². The molecule has 0 saturated carbocycles. The molecule has 0 bridgehead atoms. The number of rotatable bonds is 2. The summed E-state index contributed by atoms with van der Waals surface area (Å²) >= 11 is 1.38. The smallest absolute Gasteiger partial charge is 0.221 e. The van der Waals surface area contributed by atoms with E-state index in [0.29, 0.717) is 10.6 Å². The lowest BCUT2D eigenvalue weighted by molar-refractivity contribution is -0.114. The first-order valence-electron chi connectivity index (χ1n) is 5.89. The molecule has 1 aromatic heterocycles. The van der Waals surface area contributed by atoms with Gasteiger partial charge in [-0.05, 0) is 25.0 Å². The van der Waals surface area contributed by atoms with Gasteiger partial charge in [-0.1, -0.05) is 23.8 Å². The van der Waals surface area contributed by atoms with Crippen molar-refractivity contribution in [3.63, 3.8) is 0 Å².